The Morgan fingerprint density at radius 1 is 1.18 bits per heavy atom. The lowest BCUT2D eigenvalue weighted by molar-refractivity contribution is -0.155. The van der Waals surface area contributed by atoms with Crippen molar-refractivity contribution in [2.75, 3.05) is 31.6 Å². The maximum Gasteiger partial charge on any atom is 0.310 e. The number of amides is 1. The topological polar surface area (TPSA) is 71.5 Å². The average molecular weight is 540 g/mol. The van der Waals surface area contributed by atoms with Gasteiger partial charge in [0.2, 0.25) is 5.91 Å². The molecule has 5 rings (SSSR count). The van der Waals surface area contributed by atoms with Crippen molar-refractivity contribution in [3.8, 4) is 0 Å². The van der Waals surface area contributed by atoms with Gasteiger partial charge in [0, 0.05) is 6.42 Å². The van der Waals surface area contributed by atoms with E-state index in [1.54, 1.807) is 23.2 Å². The number of alkyl halides is 2. The van der Waals surface area contributed by atoms with Crippen molar-refractivity contribution in [1.29, 1.82) is 0 Å². The van der Waals surface area contributed by atoms with Gasteiger partial charge in [-0.25, -0.2) is 13.8 Å². The zero-order chi connectivity index (χ0) is 23.9. The van der Waals surface area contributed by atoms with Crippen molar-refractivity contribution in [3.63, 3.8) is 0 Å². The van der Waals surface area contributed by atoms with E-state index in [4.69, 9.17) is 4.74 Å². The third-order valence-electron chi connectivity index (χ3n) is 8.50. The number of aromatic nitrogens is 1. The number of nitrogens with one attached hydrogen (secondary N) is 1. The van der Waals surface area contributed by atoms with E-state index in [1.165, 1.54) is 0 Å². The molecule has 4 aliphatic rings. The molecule has 3 saturated carbocycles. The summed E-state index contributed by atoms with van der Waals surface area (Å²) in [6.07, 6.45) is 7.36. The van der Waals surface area contributed by atoms with Gasteiger partial charge in [0.05, 0.1) is 36.9 Å². The van der Waals surface area contributed by atoms with E-state index in [2.05, 4.69) is 26.2 Å². The molecule has 6 nitrogen and oxygen atoms in total. The van der Waals surface area contributed by atoms with Gasteiger partial charge in [0.15, 0.2) is 0 Å². The van der Waals surface area contributed by atoms with Crippen molar-refractivity contribution in [1.82, 2.24) is 9.88 Å². The number of esters is 1. The molecular formula is C25H32BrF2N3O3. The van der Waals surface area contributed by atoms with Crippen molar-refractivity contribution >= 4 is 33.5 Å². The number of ether oxygens (including phenoxy) is 1. The molecule has 9 heteroatoms. The monoisotopic (exact) mass is 539 g/mol. The van der Waals surface area contributed by atoms with Gasteiger partial charge in [0.1, 0.15) is 4.60 Å². The molecule has 3 aliphatic carbocycles. The summed E-state index contributed by atoms with van der Waals surface area (Å²) in [4.78, 5) is 32.4. The van der Waals surface area contributed by atoms with Gasteiger partial charge in [0.25, 0.3) is 5.92 Å². The number of carbonyl (C=O) groups excluding carboxylic acids is 2. The lowest BCUT2D eigenvalue weighted by Gasteiger charge is -2.28. The molecule has 1 spiro atoms. The maximum absolute atomic E-state index is 14.3. The van der Waals surface area contributed by atoms with E-state index in [1.807, 2.05) is 0 Å². The van der Waals surface area contributed by atoms with E-state index in [0.717, 1.165) is 51.6 Å². The van der Waals surface area contributed by atoms with Crippen molar-refractivity contribution < 1.29 is 23.1 Å². The first kappa shape index (κ1) is 24.1. The van der Waals surface area contributed by atoms with E-state index < -0.39 is 23.7 Å². The Balaban J connectivity index is 1.18. The number of carbonyl (C=O) groups is 2. The van der Waals surface area contributed by atoms with Gasteiger partial charge in [-0.1, -0.05) is 0 Å². The van der Waals surface area contributed by atoms with Crippen LogP contribution in [0.1, 0.15) is 51.4 Å². The Labute approximate surface area is 207 Å². The molecule has 1 aromatic rings. The van der Waals surface area contributed by atoms with Crippen molar-refractivity contribution in [3.05, 3.63) is 22.9 Å². The van der Waals surface area contributed by atoms with Crippen LogP contribution < -0.4 is 5.32 Å². The van der Waals surface area contributed by atoms with Crippen LogP contribution in [-0.2, 0) is 14.3 Å². The number of likely N-dealkylation sites (tertiary alicyclic amines) is 1. The lowest BCUT2D eigenvalue weighted by Crippen LogP contribution is -2.39. The molecule has 1 N–H and O–H groups in total. The van der Waals surface area contributed by atoms with Crippen LogP contribution in [0.2, 0.25) is 0 Å². The molecule has 34 heavy (non-hydrogen) atoms. The molecular weight excluding hydrogens is 508 g/mol. The number of nitrogens with zero attached hydrogens (tertiary/aromatic N) is 2. The molecule has 4 fully saturated rings. The number of anilines is 1. The van der Waals surface area contributed by atoms with Gasteiger partial charge in [-0.15, -0.1) is 0 Å². The molecule has 0 radical (unpaired) electrons. The number of hydrogen-bond donors (Lipinski definition) is 1. The summed E-state index contributed by atoms with van der Waals surface area (Å²) < 4.78 is 34.8. The summed E-state index contributed by atoms with van der Waals surface area (Å²) >= 11 is 3.29. The normalized spacial score (nSPS) is 29.5. The first-order chi connectivity index (χ1) is 16.3. The zero-order valence-corrected chi connectivity index (χ0v) is 20.9. The van der Waals surface area contributed by atoms with Crippen LogP contribution in [0.5, 0.6) is 0 Å². The quantitative estimate of drug-likeness (QED) is 0.275. The first-order valence-corrected chi connectivity index (χ1v) is 13.3. The van der Waals surface area contributed by atoms with Gasteiger partial charge in [-0.3, -0.25) is 14.5 Å². The molecule has 2 bridgehead atoms. The minimum Gasteiger partial charge on any atom is -0.465 e. The largest absolute Gasteiger partial charge is 0.465 e. The molecule has 1 amide bonds. The Morgan fingerprint density at radius 3 is 2.53 bits per heavy atom. The van der Waals surface area contributed by atoms with Crippen molar-refractivity contribution in [2.45, 2.75) is 57.3 Å². The minimum atomic E-state index is -2.78. The Morgan fingerprint density at radius 2 is 1.88 bits per heavy atom. The van der Waals surface area contributed by atoms with Crippen LogP contribution in [-0.4, -0.2) is 53.9 Å². The molecule has 1 aromatic heterocycles. The molecule has 4 atom stereocenters. The van der Waals surface area contributed by atoms with E-state index in [-0.39, 0.29) is 49.2 Å². The molecule has 186 valence electrons. The van der Waals surface area contributed by atoms with Crippen LogP contribution in [0.4, 0.5) is 14.5 Å². The minimum absolute atomic E-state index is 0.0275. The van der Waals surface area contributed by atoms with Crippen LogP contribution in [0.3, 0.4) is 0 Å². The predicted molar refractivity (Wildman–Crippen MR) is 126 cm³/mol. The summed E-state index contributed by atoms with van der Waals surface area (Å²) in [6.45, 7) is 1.22. The maximum atomic E-state index is 14.3. The van der Waals surface area contributed by atoms with Gasteiger partial charge in [-0.2, -0.15) is 0 Å². The predicted octanol–water partition coefficient (Wildman–Crippen LogP) is 4.89. The second-order valence-corrected chi connectivity index (χ2v) is 11.4. The van der Waals surface area contributed by atoms with Gasteiger partial charge >= 0.3 is 5.97 Å². The molecule has 2 heterocycles. The highest BCUT2D eigenvalue weighted by molar-refractivity contribution is 9.10. The van der Waals surface area contributed by atoms with Crippen LogP contribution in [0, 0.1) is 29.1 Å². The van der Waals surface area contributed by atoms with Crippen LogP contribution in [0.15, 0.2) is 22.9 Å². The van der Waals surface area contributed by atoms with Crippen LogP contribution in [0.25, 0.3) is 0 Å². The summed E-state index contributed by atoms with van der Waals surface area (Å²) in [6, 6.07) is 3.52. The standard InChI is InChI=1S/C25H32BrF2N3O3/c26-19-7-4-16(14-29-19)30-22(32)20-17-5-6-18(24(17)9-10-24)21(20)23(33)34-13-3-8-25(27,28)15-31-11-1-2-12-31/h4,7,14,17-18,20-21H,1-3,5-6,8-13,15H2,(H,30,32)/t17-,18+,20+,21+/m0/s1. The third-order valence-corrected chi connectivity index (χ3v) is 8.97. The van der Waals surface area contributed by atoms with Gasteiger partial charge in [-0.05, 0) is 103 Å². The smallest absolute Gasteiger partial charge is 0.310 e. The summed E-state index contributed by atoms with van der Waals surface area (Å²) in [5.74, 6) is -3.92. The first-order valence-electron chi connectivity index (χ1n) is 12.5. The molecule has 1 aliphatic heterocycles. The van der Waals surface area contributed by atoms with E-state index in [0.29, 0.717) is 10.3 Å². The fourth-order valence-corrected chi connectivity index (χ4v) is 7.18. The highest BCUT2D eigenvalue weighted by Gasteiger charge is 2.72. The fourth-order valence-electron chi connectivity index (χ4n) is 6.95. The fraction of sp³-hybridized carbons (Fsp3) is 0.720. The molecule has 1 saturated heterocycles. The second-order valence-electron chi connectivity index (χ2n) is 10.5. The number of rotatable bonds is 9. The third kappa shape index (κ3) is 4.74. The average Bonchev–Trinajstić information content (AvgIpc) is 3.18. The van der Waals surface area contributed by atoms with Crippen LogP contribution >= 0.6 is 15.9 Å². The Bertz CT molecular complexity index is 918. The molecule has 0 aromatic carbocycles. The Hall–Kier alpha value is -1.61. The Kier molecular flexibility index (Phi) is 6.70. The highest BCUT2D eigenvalue weighted by atomic mass is 79.9. The summed E-state index contributed by atoms with van der Waals surface area (Å²) in [5, 5.41) is 2.93. The zero-order valence-electron chi connectivity index (χ0n) is 19.3. The number of pyridine rings is 1. The number of halogens is 3. The summed E-state index contributed by atoms with van der Waals surface area (Å²) in [5.41, 5.74) is 0.681. The molecule has 0 unspecified atom stereocenters. The highest BCUT2D eigenvalue weighted by Crippen LogP contribution is 2.74. The number of hydrogen-bond acceptors (Lipinski definition) is 5. The summed E-state index contributed by atoms with van der Waals surface area (Å²) in [7, 11) is 0. The van der Waals surface area contributed by atoms with Gasteiger partial charge < -0.3 is 10.1 Å². The lowest BCUT2D eigenvalue weighted by atomic mass is 9.78. The second kappa shape index (κ2) is 9.45. The van der Waals surface area contributed by atoms with E-state index in [9.17, 15) is 18.4 Å². The SMILES string of the molecule is O=C(OCCCC(F)(F)CN1CCCC1)[C@H]1[C@H](C(=O)Nc2ccc(Br)nc2)[C@@H]2CC[C@H]1C21CC1. The van der Waals surface area contributed by atoms with Crippen molar-refractivity contribution in [2.24, 2.45) is 29.1 Å². The van der Waals surface area contributed by atoms with E-state index >= 15 is 0 Å².